The van der Waals surface area contributed by atoms with Crippen molar-refractivity contribution in [2.75, 3.05) is 31.1 Å². The summed E-state index contributed by atoms with van der Waals surface area (Å²) in [5.74, 6) is 0.167. The predicted molar refractivity (Wildman–Crippen MR) is 109 cm³/mol. The molecule has 1 aliphatic carbocycles. The van der Waals surface area contributed by atoms with Crippen molar-refractivity contribution in [3.8, 4) is 0 Å². The van der Waals surface area contributed by atoms with E-state index in [0.29, 0.717) is 18.0 Å². The number of benzene rings is 1. The summed E-state index contributed by atoms with van der Waals surface area (Å²) in [4.78, 5) is 26.3. The minimum atomic E-state index is -3.59. The highest BCUT2D eigenvalue weighted by Gasteiger charge is 2.30. The Morgan fingerprint density at radius 2 is 1.59 bits per heavy atom. The van der Waals surface area contributed by atoms with Crippen LogP contribution in [0.4, 0.5) is 5.82 Å². The maximum atomic E-state index is 13.1. The largest absolute Gasteiger partial charge is 0.348 e. The molecule has 9 nitrogen and oxygen atoms in total. The van der Waals surface area contributed by atoms with Gasteiger partial charge in [0.2, 0.25) is 15.8 Å². The Morgan fingerprint density at radius 3 is 2.28 bits per heavy atom. The first-order valence-corrected chi connectivity index (χ1v) is 11.2. The Morgan fingerprint density at radius 1 is 0.931 bits per heavy atom. The van der Waals surface area contributed by atoms with Crippen LogP contribution in [0.15, 0.2) is 32.7 Å². The van der Waals surface area contributed by atoms with Crippen molar-refractivity contribution in [3.63, 3.8) is 0 Å². The molecule has 1 saturated heterocycles. The van der Waals surface area contributed by atoms with Crippen LogP contribution in [-0.4, -0.2) is 53.2 Å². The monoisotopic (exact) mass is 419 g/mol. The van der Waals surface area contributed by atoms with Gasteiger partial charge in [-0.15, -0.1) is 5.10 Å². The first-order chi connectivity index (χ1) is 13.8. The lowest BCUT2D eigenvalue weighted by molar-refractivity contribution is 0.381. The van der Waals surface area contributed by atoms with E-state index in [0.717, 1.165) is 40.5 Å². The number of aromatic nitrogens is 3. The molecule has 0 N–H and O–H groups in total. The van der Waals surface area contributed by atoms with E-state index in [9.17, 15) is 18.0 Å². The van der Waals surface area contributed by atoms with Crippen LogP contribution in [0.5, 0.6) is 0 Å². The van der Waals surface area contributed by atoms with Gasteiger partial charge >= 0.3 is 5.69 Å². The Kier molecular flexibility index (Phi) is 5.07. The van der Waals surface area contributed by atoms with Gasteiger partial charge in [-0.2, -0.15) is 4.31 Å². The van der Waals surface area contributed by atoms with Gasteiger partial charge in [-0.3, -0.25) is 9.36 Å². The number of rotatable bonds is 3. The van der Waals surface area contributed by atoms with Crippen LogP contribution in [0.1, 0.15) is 24.0 Å². The molecule has 0 saturated carbocycles. The third-order valence-corrected chi connectivity index (χ3v) is 7.69. The molecule has 1 fully saturated rings. The molecule has 0 unspecified atom stereocenters. The molecule has 156 valence electrons. The van der Waals surface area contributed by atoms with Gasteiger partial charge in [0.05, 0.1) is 4.90 Å². The van der Waals surface area contributed by atoms with E-state index >= 15 is 0 Å². The van der Waals surface area contributed by atoms with Crippen LogP contribution in [-0.2, 0) is 37.0 Å². The Bertz CT molecular complexity index is 1160. The third-order valence-electron chi connectivity index (χ3n) is 5.80. The van der Waals surface area contributed by atoms with E-state index in [1.54, 1.807) is 11.0 Å². The second-order valence-corrected chi connectivity index (χ2v) is 9.56. The normalized spacial score (nSPS) is 17.9. The van der Waals surface area contributed by atoms with Gasteiger partial charge in [-0.25, -0.2) is 17.9 Å². The predicted octanol–water partition coefficient (Wildman–Crippen LogP) is -0.131. The summed E-state index contributed by atoms with van der Waals surface area (Å²) in [7, 11) is -0.689. The zero-order valence-electron chi connectivity index (χ0n) is 16.7. The Labute approximate surface area is 169 Å². The lowest BCUT2D eigenvalue weighted by atomic mass is 9.92. The third kappa shape index (κ3) is 3.51. The van der Waals surface area contributed by atoms with Crippen molar-refractivity contribution in [1.82, 2.24) is 18.7 Å². The lowest BCUT2D eigenvalue weighted by Crippen LogP contribution is -2.52. The maximum Gasteiger partial charge on any atom is 0.346 e. The van der Waals surface area contributed by atoms with Gasteiger partial charge in [0.15, 0.2) is 0 Å². The average molecular weight is 420 g/mol. The Hall–Kier alpha value is -2.46. The molecule has 0 amide bonds. The second kappa shape index (κ2) is 7.42. The molecule has 2 heterocycles. The molecule has 1 aliphatic heterocycles. The number of anilines is 1. The fraction of sp³-hybridized carbons (Fsp3) is 0.526. The number of nitrogens with zero attached hydrogens (tertiary/aromatic N) is 5. The van der Waals surface area contributed by atoms with Gasteiger partial charge in [0.1, 0.15) is 0 Å². The van der Waals surface area contributed by atoms with Gasteiger partial charge in [0, 0.05) is 40.3 Å². The number of piperazine rings is 1. The minimum Gasteiger partial charge on any atom is -0.348 e. The van der Waals surface area contributed by atoms with Gasteiger partial charge in [-0.1, -0.05) is 6.07 Å². The summed E-state index contributed by atoms with van der Waals surface area (Å²) < 4.78 is 29.8. The molecule has 0 bridgehead atoms. The van der Waals surface area contributed by atoms with Crippen molar-refractivity contribution >= 4 is 15.8 Å². The first kappa shape index (κ1) is 19.8. The average Bonchev–Trinajstić information content (AvgIpc) is 2.74. The quantitative estimate of drug-likeness (QED) is 0.687. The number of hydrogen-bond donors (Lipinski definition) is 0. The minimum absolute atomic E-state index is 0.167. The van der Waals surface area contributed by atoms with E-state index < -0.39 is 21.3 Å². The molecule has 0 radical (unpaired) electrons. The van der Waals surface area contributed by atoms with Crippen molar-refractivity contribution in [1.29, 1.82) is 0 Å². The molecule has 4 rings (SSSR count). The van der Waals surface area contributed by atoms with Crippen LogP contribution in [0.2, 0.25) is 0 Å². The fourth-order valence-corrected chi connectivity index (χ4v) is 5.51. The highest BCUT2D eigenvalue weighted by atomic mass is 32.2. The summed E-state index contributed by atoms with van der Waals surface area (Å²) in [6.45, 7) is 1.19. The summed E-state index contributed by atoms with van der Waals surface area (Å²) in [5, 5.41) is 4.08. The molecule has 0 spiro atoms. The molecule has 29 heavy (non-hydrogen) atoms. The van der Waals surface area contributed by atoms with E-state index in [1.165, 1.54) is 24.0 Å². The lowest BCUT2D eigenvalue weighted by Gasteiger charge is -2.34. The fourth-order valence-electron chi connectivity index (χ4n) is 4.04. The molecule has 10 heteroatoms. The molecule has 1 aromatic heterocycles. The summed E-state index contributed by atoms with van der Waals surface area (Å²) in [5.41, 5.74) is 1.41. The van der Waals surface area contributed by atoms with Crippen LogP contribution in [0.3, 0.4) is 0 Å². The number of fused-ring (bicyclic) bond motifs is 1. The van der Waals surface area contributed by atoms with E-state index in [1.807, 2.05) is 12.1 Å². The van der Waals surface area contributed by atoms with Crippen molar-refractivity contribution in [2.45, 2.75) is 30.6 Å². The van der Waals surface area contributed by atoms with E-state index in [-0.39, 0.29) is 18.9 Å². The van der Waals surface area contributed by atoms with Crippen molar-refractivity contribution < 1.29 is 8.42 Å². The number of sulfonamides is 1. The standard InChI is InChI=1S/C19H25N5O4S/c1-21-18(25)17(20-22(2)19(21)26)23-9-11-24(12-10-23)29(27,28)16-8-7-14-5-3-4-6-15(14)13-16/h7-8,13H,3-6,9-12H2,1-2H3. The molecule has 2 aromatic rings. The molecule has 1 aromatic carbocycles. The highest BCUT2D eigenvalue weighted by molar-refractivity contribution is 7.89. The molecular weight excluding hydrogens is 394 g/mol. The van der Waals surface area contributed by atoms with Gasteiger partial charge in [0.25, 0.3) is 5.56 Å². The topological polar surface area (TPSA) is 97.5 Å². The first-order valence-electron chi connectivity index (χ1n) is 9.80. The number of aryl methyl sites for hydroxylation is 3. The van der Waals surface area contributed by atoms with Crippen LogP contribution >= 0.6 is 0 Å². The summed E-state index contributed by atoms with van der Waals surface area (Å²) in [6.07, 6.45) is 4.18. The Balaban J connectivity index is 1.54. The SMILES string of the molecule is Cn1nc(N2CCN(S(=O)(=O)c3ccc4c(c3)CCCC4)CC2)c(=O)n(C)c1=O. The summed E-state index contributed by atoms with van der Waals surface area (Å²) >= 11 is 0. The van der Waals surface area contributed by atoms with Crippen LogP contribution in [0, 0.1) is 0 Å². The van der Waals surface area contributed by atoms with Gasteiger partial charge < -0.3 is 4.90 Å². The smallest absolute Gasteiger partial charge is 0.346 e. The summed E-state index contributed by atoms with van der Waals surface area (Å²) in [6, 6.07) is 5.46. The van der Waals surface area contributed by atoms with Gasteiger partial charge in [-0.05, 0) is 48.9 Å². The molecule has 2 aliphatic rings. The van der Waals surface area contributed by atoms with Crippen molar-refractivity contribution in [3.05, 3.63) is 50.2 Å². The van der Waals surface area contributed by atoms with E-state index in [4.69, 9.17) is 0 Å². The molecule has 0 atom stereocenters. The van der Waals surface area contributed by atoms with Crippen LogP contribution < -0.4 is 16.1 Å². The molecular formula is C19H25N5O4S. The van der Waals surface area contributed by atoms with Crippen LogP contribution in [0.25, 0.3) is 0 Å². The zero-order chi connectivity index (χ0) is 20.8. The van der Waals surface area contributed by atoms with Crippen molar-refractivity contribution in [2.24, 2.45) is 14.1 Å². The highest BCUT2D eigenvalue weighted by Crippen LogP contribution is 2.26. The maximum absolute atomic E-state index is 13.1. The zero-order valence-corrected chi connectivity index (χ0v) is 17.5. The van der Waals surface area contributed by atoms with E-state index in [2.05, 4.69) is 5.10 Å². The number of hydrogen-bond acceptors (Lipinski definition) is 6. The second-order valence-electron chi connectivity index (χ2n) is 7.62.